The number of ether oxygens (including phenoxy) is 3. The van der Waals surface area contributed by atoms with Gasteiger partial charge in [-0.15, -0.1) is 0 Å². The van der Waals surface area contributed by atoms with Gasteiger partial charge in [0.15, 0.2) is 11.5 Å². The predicted molar refractivity (Wildman–Crippen MR) is 132 cm³/mol. The van der Waals surface area contributed by atoms with Gasteiger partial charge in [-0.1, -0.05) is 18.2 Å². The van der Waals surface area contributed by atoms with Crippen molar-refractivity contribution in [1.82, 2.24) is 9.88 Å². The molecule has 6 rings (SSSR count). The summed E-state index contributed by atoms with van der Waals surface area (Å²) in [5.41, 5.74) is 3.97. The summed E-state index contributed by atoms with van der Waals surface area (Å²) in [7, 11) is 0. The van der Waals surface area contributed by atoms with Gasteiger partial charge in [0.25, 0.3) is 0 Å². The van der Waals surface area contributed by atoms with Crippen molar-refractivity contribution >= 4 is 11.6 Å². The van der Waals surface area contributed by atoms with Crippen LogP contribution in [-0.4, -0.2) is 42.3 Å². The first-order chi connectivity index (χ1) is 17.2. The van der Waals surface area contributed by atoms with Crippen molar-refractivity contribution < 1.29 is 19.0 Å². The fourth-order valence-electron chi connectivity index (χ4n) is 5.42. The van der Waals surface area contributed by atoms with E-state index in [0.29, 0.717) is 31.7 Å². The lowest BCUT2D eigenvalue weighted by Crippen LogP contribution is -2.42. The number of hydrogen-bond donors (Lipinski definition) is 1. The first-order valence-corrected chi connectivity index (χ1v) is 12.3. The average Bonchev–Trinajstić information content (AvgIpc) is 3.35. The van der Waals surface area contributed by atoms with Crippen LogP contribution in [0, 0.1) is 11.8 Å². The molecule has 0 radical (unpaired) electrons. The highest BCUT2D eigenvalue weighted by atomic mass is 16.7. The monoisotopic (exact) mass is 471 g/mol. The summed E-state index contributed by atoms with van der Waals surface area (Å²) in [5, 5.41) is 3.12. The number of carbonyl (C=O) groups excluding carboxylic acids is 1. The van der Waals surface area contributed by atoms with E-state index < -0.39 is 0 Å². The maximum Gasteiger partial charge on any atom is 0.231 e. The van der Waals surface area contributed by atoms with Crippen LogP contribution in [0.2, 0.25) is 0 Å². The first-order valence-electron chi connectivity index (χ1n) is 12.3. The van der Waals surface area contributed by atoms with Gasteiger partial charge in [0, 0.05) is 37.5 Å². The molecule has 0 aliphatic carbocycles. The van der Waals surface area contributed by atoms with E-state index in [1.165, 1.54) is 5.56 Å². The van der Waals surface area contributed by atoms with Gasteiger partial charge in [-0.3, -0.25) is 14.7 Å². The van der Waals surface area contributed by atoms with Crippen LogP contribution in [-0.2, 0) is 11.3 Å². The van der Waals surface area contributed by atoms with Gasteiger partial charge < -0.3 is 19.5 Å². The number of pyridine rings is 1. The van der Waals surface area contributed by atoms with E-state index in [1.807, 2.05) is 42.6 Å². The number of amides is 1. The van der Waals surface area contributed by atoms with E-state index in [2.05, 4.69) is 27.3 Å². The zero-order valence-corrected chi connectivity index (χ0v) is 19.6. The van der Waals surface area contributed by atoms with E-state index in [4.69, 9.17) is 14.2 Å². The second-order valence-electron chi connectivity index (χ2n) is 9.57. The van der Waals surface area contributed by atoms with E-state index in [9.17, 15) is 4.79 Å². The number of hydrogen-bond acceptors (Lipinski definition) is 6. The molecule has 1 fully saturated rings. The zero-order valence-electron chi connectivity index (χ0n) is 19.6. The van der Waals surface area contributed by atoms with Crippen LogP contribution < -0.4 is 19.5 Å². The molecule has 35 heavy (non-hydrogen) atoms. The summed E-state index contributed by atoms with van der Waals surface area (Å²) >= 11 is 0. The Hall–Kier alpha value is -3.58. The number of likely N-dealkylation sites (tertiary alicyclic amines) is 1. The molecule has 0 saturated carbocycles. The van der Waals surface area contributed by atoms with Crippen LogP contribution in [0.1, 0.15) is 24.8 Å². The van der Waals surface area contributed by atoms with Crippen LogP contribution in [0.25, 0.3) is 11.1 Å². The second kappa shape index (κ2) is 9.58. The van der Waals surface area contributed by atoms with Crippen molar-refractivity contribution in [2.45, 2.75) is 25.8 Å². The van der Waals surface area contributed by atoms with Crippen molar-refractivity contribution in [1.29, 1.82) is 0 Å². The summed E-state index contributed by atoms with van der Waals surface area (Å²) in [6.45, 7) is 3.73. The Morgan fingerprint density at radius 2 is 1.86 bits per heavy atom. The molecule has 1 aromatic heterocycles. The molecule has 0 bridgehead atoms. The predicted octanol–water partition coefficient (Wildman–Crippen LogP) is 4.73. The molecule has 7 nitrogen and oxygen atoms in total. The molecular formula is C28H29N3O4. The molecule has 2 aromatic carbocycles. The Bertz CT molecular complexity index is 1220. The topological polar surface area (TPSA) is 72.9 Å². The fraction of sp³-hybridized carbons (Fsp3) is 0.357. The van der Waals surface area contributed by atoms with Crippen molar-refractivity contribution in [2.24, 2.45) is 11.8 Å². The van der Waals surface area contributed by atoms with Crippen LogP contribution in [0.5, 0.6) is 17.2 Å². The molecule has 3 aliphatic heterocycles. The van der Waals surface area contributed by atoms with Crippen molar-refractivity contribution in [3.63, 3.8) is 0 Å². The quantitative estimate of drug-likeness (QED) is 0.596. The molecular weight excluding hydrogens is 442 g/mol. The smallest absolute Gasteiger partial charge is 0.231 e. The lowest BCUT2D eigenvalue weighted by atomic mass is 9.81. The van der Waals surface area contributed by atoms with E-state index in [1.54, 1.807) is 6.20 Å². The molecule has 1 saturated heterocycles. The molecule has 1 amide bonds. The summed E-state index contributed by atoms with van der Waals surface area (Å²) in [4.78, 5) is 19.7. The molecule has 0 unspecified atom stereocenters. The van der Waals surface area contributed by atoms with Crippen LogP contribution in [0.3, 0.4) is 0 Å². The summed E-state index contributed by atoms with van der Waals surface area (Å²) in [6, 6.07) is 16.1. The first kappa shape index (κ1) is 21.9. The summed E-state index contributed by atoms with van der Waals surface area (Å²) in [6.07, 6.45) is 6.06. The number of benzene rings is 2. The maximum absolute atomic E-state index is 13.0. The SMILES string of the molecule is O=C1C[C@@H]2CCN(Cc3ccc4c(c3)OCO4)C[C@@H]2CCOc2ccc(-c3cccnc3)cc2N1. The van der Waals surface area contributed by atoms with E-state index >= 15 is 0 Å². The molecule has 0 spiro atoms. The van der Waals surface area contributed by atoms with Gasteiger partial charge >= 0.3 is 0 Å². The number of nitrogens with zero attached hydrogens (tertiary/aromatic N) is 2. The fourth-order valence-corrected chi connectivity index (χ4v) is 5.42. The van der Waals surface area contributed by atoms with Crippen molar-refractivity contribution in [2.75, 3.05) is 31.8 Å². The number of nitrogens with one attached hydrogen (secondary N) is 1. The van der Waals surface area contributed by atoms with E-state index in [0.717, 1.165) is 66.5 Å². The normalized spacial score (nSPS) is 21.9. The molecule has 3 aliphatic rings. The third-order valence-corrected chi connectivity index (χ3v) is 7.26. The summed E-state index contributed by atoms with van der Waals surface area (Å²) in [5.74, 6) is 3.19. The molecule has 4 heterocycles. The van der Waals surface area contributed by atoms with E-state index in [-0.39, 0.29) is 5.91 Å². The zero-order chi connectivity index (χ0) is 23.6. The van der Waals surface area contributed by atoms with Crippen LogP contribution in [0.15, 0.2) is 60.9 Å². The Balaban J connectivity index is 1.15. The number of fused-ring (bicyclic) bond motifs is 3. The Labute approximate surface area is 205 Å². The Morgan fingerprint density at radius 1 is 0.943 bits per heavy atom. The number of carbonyl (C=O) groups is 1. The van der Waals surface area contributed by atoms with Crippen molar-refractivity contribution in [3.8, 4) is 28.4 Å². The number of anilines is 1. The van der Waals surface area contributed by atoms with Gasteiger partial charge in [0.2, 0.25) is 12.7 Å². The largest absolute Gasteiger partial charge is 0.491 e. The third-order valence-electron chi connectivity index (χ3n) is 7.26. The van der Waals surface area contributed by atoms with Crippen LogP contribution >= 0.6 is 0 Å². The lowest BCUT2D eigenvalue weighted by Gasteiger charge is -2.39. The standard InChI is InChI=1S/C28H29N3O4/c32-28-14-21-7-10-31(16-19-3-5-26-27(12-19)35-18-34-26)17-23(21)8-11-33-25-6-4-20(13-24(25)30-28)22-2-1-9-29-15-22/h1-6,9,12-13,15,21,23H,7-8,10-11,14,16-18H2,(H,30,32)/t21-,23-/m0/s1. The Kier molecular flexibility index (Phi) is 6.00. The highest BCUT2D eigenvalue weighted by molar-refractivity contribution is 5.93. The number of piperidine rings is 1. The molecule has 180 valence electrons. The second-order valence-corrected chi connectivity index (χ2v) is 9.57. The third kappa shape index (κ3) is 4.82. The molecule has 2 atom stereocenters. The van der Waals surface area contributed by atoms with Crippen LogP contribution in [0.4, 0.5) is 5.69 Å². The Morgan fingerprint density at radius 3 is 2.77 bits per heavy atom. The average molecular weight is 472 g/mol. The highest BCUT2D eigenvalue weighted by Crippen LogP contribution is 2.36. The van der Waals surface area contributed by atoms with Crippen molar-refractivity contribution in [3.05, 3.63) is 66.5 Å². The van der Waals surface area contributed by atoms with Gasteiger partial charge in [-0.25, -0.2) is 0 Å². The highest BCUT2D eigenvalue weighted by Gasteiger charge is 2.32. The van der Waals surface area contributed by atoms with Gasteiger partial charge in [0.05, 0.1) is 12.3 Å². The number of aromatic nitrogens is 1. The lowest BCUT2D eigenvalue weighted by molar-refractivity contribution is -0.118. The van der Waals surface area contributed by atoms with Gasteiger partial charge in [-0.2, -0.15) is 0 Å². The molecule has 3 aromatic rings. The molecule has 7 heteroatoms. The minimum absolute atomic E-state index is 0.0549. The minimum atomic E-state index is 0.0549. The molecule has 1 N–H and O–H groups in total. The summed E-state index contributed by atoms with van der Waals surface area (Å²) < 4.78 is 17.2. The maximum atomic E-state index is 13.0. The minimum Gasteiger partial charge on any atom is -0.491 e. The van der Waals surface area contributed by atoms with Gasteiger partial charge in [0.1, 0.15) is 5.75 Å². The number of rotatable bonds is 3. The van der Waals surface area contributed by atoms with Gasteiger partial charge in [-0.05, 0) is 72.7 Å².